The standard InChI is InChI=1S/C15H21F3N2O/c1-11(8-9-13-6-4-3-5-7-13)20-12(2)14(21)19-10-15(16,17)18/h3-7,11-12,20H,8-10H2,1-2H3,(H,19,21). The number of hydrogen-bond donors (Lipinski definition) is 2. The summed E-state index contributed by atoms with van der Waals surface area (Å²) in [6.07, 6.45) is -2.72. The van der Waals surface area contributed by atoms with E-state index in [0.29, 0.717) is 0 Å². The molecule has 1 rings (SSSR count). The third kappa shape index (κ3) is 7.70. The Hall–Kier alpha value is -1.56. The molecule has 0 aromatic heterocycles. The smallest absolute Gasteiger partial charge is 0.346 e. The molecule has 2 atom stereocenters. The topological polar surface area (TPSA) is 41.1 Å². The molecule has 21 heavy (non-hydrogen) atoms. The highest BCUT2D eigenvalue weighted by molar-refractivity contribution is 5.81. The predicted octanol–water partition coefficient (Wildman–Crippen LogP) is 2.66. The lowest BCUT2D eigenvalue weighted by Gasteiger charge is -2.20. The molecule has 0 saturated heterocycles. The van der Waals surface area contributed by atoms with Crippen molar-refractivity contribution in [2.45, 2.75) is 44.9 Å². The number of hydrogen-bond acceptors (Lipinski definition) is 2. The molecule has 2 unspecified atom stereocenters. The minimum atomic E-state index is -4.38. The van der Waals surface area contributed by atoms with E-state index in [4.69, 9.17) is 0 Å². The van der Waals surface area contributed by atoms with E-state index in [2.05, 4.69) is 5.32 Å². The largest absolute Gasteiger partial charge is 0.405 e. The van der Waals surface area contributed by atoms with Gasteiger partial charge >= 0.3 is 6.18 Å². The number of carbonyl (C=O) groups excluding carboxylic acids is 1. The molecule has 1 aromatic rings. The van der Waals surface area contributed by atoms with Crippen LogP contribution < -0.4 is 10.6 Å². The Labute approximate surface area is 122 Å². The Morgan fingerprint density at radius 2 is 1.81 bits per heavy atom. The number of nitrogens with one attached hydrogen (secondary N) is 2. The number of halogens is 3. The van der Waals surface area contributed by atoms with Crippen LogP contribution in [0.15, 0.2) is 30.3 Å². The fourth-order valence-electron chi connectivity index (χ4n) is 1.95. The van der Waals surface area contributed by atoms with Crippen LogP contribution in [0.4, 0.5) is 13.2 Å². The Bertz CT molecular complexity index is 434. The number of rotatable bonds is 7. The van der Waals surface area contributed by atoms with Gasteiger partial charge < -0.3 is 10.6 Å². The molecule has 1 aromatic carbocycles. The van der Waals surface area contributed by atoms with Crippen molar-refractivity contribution in [3.8, 4) is 0 Å². The summed E-state index contributed by atoms with van der Waals surface area (Å²) in [4.78, 5) is 11.5. The quantitative estimate of drug-likeness (QED) is 0.813. The molecule has 0 radical (unpaired) electrons. The van der Waals surface area contributed by atoms with Gasteiger partial charge in [0.15, 0.2) is 0 Å². The molecule has 0 heterocycles. The summed E-state index contributed by atoms with van der Waals surface area (Å²) in [5.41, 5.74) is 1.19. The monoisotopic (exact) mass is 302 g/mol. The Morgan fingerprint density at radius 3 is 2.38 bits per heavy atom. The molecular formula is C15H21F3N2O. The lowest BCUT2D eigenvalue weighted by atomic mass is 10.1. The van der Waals surface area contributed by atoms with Gasteiger partial charge in [-0.2, -0.15) is 13.2 Å². The average molecular weight is 302 g/mol. The van der Waals surface area contributed by atoms with E-state index >= 15 is 0 Å². The van der Waals surface area contributed by atoms with Crippen LogP contribution in [0.2, 0.25) is 0 Å². The molecule has 0 aliphatic heterocycles. The van der Waals surface area contributed by atoms with Crippen molar-refractivity contribution in [3.63, 3.8) is 0 Å². The summed E-state index contributed by atoms with van der Waals surface area (Å²) in [5.74, 6) is -0.640. The van der Waals surface area contributed by atoms with Crippen LogP contribution in [0.1, 0.15) is 25.8 Å². The maximum atomic E-state index is 12.0. The van der Waals surface area contributed by atoms with Crippen LogP contribution in [-0.2, 0) is 11.2 Å². The second-order valence-corrected chi connectivity index (χ2v) is 5.15. The summed E-state index contributed by atoms with van der Waals surface area (Å²) in [5, 5.41) is 4.88. The van der Waals surface area contributed by atoms with Gasteiger partial charge in [-0.15, -0.1) is 0 Å². The highest BCUT2D eigenvalue weighted by atomic mass is 19.4. The first-order valence-electron chi connectivity index (χ1n) is 6.92. The third-order valence-corrected chi connectivity index (χ3v) is 3.10. The number of aryl methyl sites for hydroxylation is 1. The second kappa shape index (κ2) is 8.02. The van der Waals surface area contributed by atoms with Crippen molar-refractivity contribution in [2.24, 2.45) is 0 Å². The fraction of sp³-hybridized carbons (Fsp3) is 0.533. The third-order valence-electron chi connectivity index (χ3n) is 3.10. The fourth-order valence-corrected chi connectivity index (χ4v) is 1.95. The van der Waals surface area contributed by atoms with Crippen LogP contribution in [-0.4, -0.2) is 30.7 Å². The molecule has 0 saturated carbocycles. The zero-order chi connectivity index (χ0) is 15.9. The van der Waals surface area contributed by atoms with Gasteiger partial charge in [0.1, 0.15) is 6.54 Å². The van der Waals surface area contributed by atoms with E-state index in [0.717, 1.165) is 12.8 Å². The van der Waals surface area contributed by atoms with E-state index in [1.165, 1.54) is 5.56 Å². The Balaban J connectivity index is 2.29. The van der Waals surface area contributed by atoms with E-state index in [-0.39, 0.29) is 6.04 Å². The number of alkyl halides is 3. The molecule has 0 aliphatic rings. The normalized spacial score (nSPS) is 14.5. The van der Waals surface area contributed by atoms with Gasteiger partial charge in [0.05, 0.1) is 6.04 Å². The molecule has 1 amide bonds. The zero-order valence-corrected chi connectivity index (χ0v) is 12.2. The summed E-state index contributed by atoms with van der Waals surface area (Å²) in [6, 6.07) is 9.28. The van der Waals surface area contributed by atoms with Crippen LogP contribution in [0, 0.1) is 0 Å². The van der Waals surface area contributed by atoms with Gasteiger partial charge in [-0.25, -0.2) is 0 Å². The lowest BCUT2D eigenvalue weighted by Crippen LogP contribution is -2.47. The summed E-state index contributed by atoms with van der Waals surface area (Å²) in [7, 11) is 0. The molecule has 118 valence electrons. The molecule has 6 heteroatoms. The van der Waals surface area contributed by atoms with Crippen molar-refractivity contribution in [3.05, 3.63) is 35.9 Å². The highest BCUT2D eigenvalue weighted by Gasteiger charge is 2.28. The predicted molar refractivity (Wildman–Crippen MR) is 75.9 cm³/mol. The molecular weight excluding hydrogens is 281 g/mol. The maximum absolute atomic E-state index is 12.0. The van der Waals surface area contributed by atoms with Crippen LogP contribution in [0.5, 0.6) is 0 Å². The molecule has 0 aliphatic carbocycles. The summed E-state index contributed by atoms with van der Waals surface area (Å²) in [6.45, 7) is 2.18. The van der Waals surface area contributed by atoms with E-state index in [1.807, 2.05) is 42.6 Å². The minimum Gasteiger partial charge on any atom is -0.346 e. The first-order valence-corrected chi connectivity index (χ1v) is 6.92. The number of amides is 1. The van der Waals surface area contributed by atoms with E-state index < -0.39 is 24.7 Å². The van der Waals surface area contributed by atoms with Crippen molar-refractivity contribution in [1.29, 1.82) is 0 Å². The minimum absolute atomic E-state index is 0.0387. The van der Waals surface area contributed by atoms with Crippen molar-refractivity contribution < 1.29 is 18.0 Å². The Kier molecular flexibility index (Phi) is 6.68. The van der Waals surface area contributed by atoms with Gasteiger partial charge in [0, 0.05) is 6.04 Å². The molecule has 0 spiro atoms. The second-order valence-electron chi connectivity index (χ2n) is 5.15. The SMILES string of the molecule is CC(CCc1ccccc1)NC(C)C(=O)NCC(F)(F)F. The van der Waals surface area contributed by atoms with Crippen LogP contribution >= 0.6 is 0 Å². The van der Waals surface area contributed by atoms with Crippen molar-refractivity contribution in [1.82, 2.24) is 10.6 Å². The highest BCUT2D eigenvalue weighted by Crippen LogP contribution is 2.12. The zero-order valence-electron chi connectivity index (χ0n) is 12.2. The molecule has 3 nitrogen and oxygen atoms in total. The summed E-state index contributed by atoms with van der Waals surface area (Å²) >= 11 is 0. The van der Waals surface area contributed by atoms with Gasteiger partial charge in [0.25, 0.3) is 0 Å². The van der Waals surface area contributed by atoms with E-state index in [1.54, 1.807) is 6.92 Å². The van der Waals surface area contributed by atoms with Gasteiger partial charge in [-0.05, 0) is 32.3 Å². The number of carbonyl (C=O) groups is 1. The molecule has 0 bridgehead atoms. The van der Waals surface area contributed by atoms with Gasteiger partial charge in [-0.3, -0.25) is 4.79 Å². The first-order chi connectivity index (χ1) is 9.78. The van der Waals surface area contributed by atoms with Crippen LogP contribution in [0.25, 0.3) is 0 Å². The summed E-state index contributed by atoms with van der Waals surface area (Å²) < 4.78 is 36.0. The van der Waals surface area contributed by atoms with Crippen molar-refractivity contribution >= 4 is 5.91 Å². The average Bonchev–Trinajstić information content (AvgIpc) is 2.42. The van der Waals surface area contributed by atoms with Crippen molar-refractivity contribution in [2.75, 3.05) is 6.54 Å². The Morgan fingerprint density at radius 1 is 1.19 bits per heavy atom. The van der Waals surface area contributed by atoms with E-state index in [9.17, 15) is 18.0 Å². The first kappa shape index (κ1) is 17.5. The molecule has 2 N–H and O–H groups in total. The van der Waals surface area contributed by atoms with Crippen LogP contribution in [0.3, 0.4) is 0 Å². The van der Waals surface area contributed by atoms with Gasteiger partial charge in [0.2, 0.25) is 5.91 Å². The maximum Gasteiger partial charge on any atom is 0.405 e. The number of benzene rings is 1. The molecule has 0 fully saturated rings. The lowest BCUT2D eigenvalue weighted by molar-refractivity contribution is -0.139. The van der Waals surface area contributed by atoms with Gasteiger partial charge in [-0.1, -0.05) is 30.3 Å².